The van der Waals surface area contributed by atoms with Crippen molar-refractivity contribution in [2.24, 2.45) is 0 Å². The number of pyridine rings is 1. The van der Waals surface area contributed by atoms with Crippen LogP contribution in [-0.2, 0) is 0 Å². The zero-order chi connectivity index (χ0) is 13.6. The van der Waals surface area contributed by atoms with Gasteiger partial charge in [-0.05, 0) is 25.0 Å². The molecule has 2 aromatic rings. The molecule has 0 amide bonds. The number of rotatable bonds is 2. The summed E-state index contributed by atoms with van der Waals surface area (Å²) in [5.74, 6) is -1.23. The molecule has 0 spiro atoms. The molecule has 1 heterocycles. The highest BCUT2D eigenvalue weighted by atomic mass is 16.4. The minimum absolute atomic E-state index is 0.190. The van der Waals surface area contributed by atoms with Crippen LogP contribution in [0.4, 0.5) is 0 Å². The van der Waals surface area contributed by atoms with E-state index in [0.29, 0.717) is 16.5 Å². The highest BCUT2D eigenvalue weighted by molar-refractivity contribution is 5.94. The van der Waals surface area contributed by atoms with Crippen molar-refractivity contribution >= 4 is 16.9 Å². The maximum absolute atomic E-state index is 12.1. The molecule has 1 aromatic carbocycles. The largest absolute Gasteiger partial charge is 0.477 e. The van der Waals surface area contributed by atoms with Gasteiger partial charge in [0.25, 0.3) is 0 Å². The number of carbonyl (C=O) groups is 1. The Labute approximate surface area is 108 Å². The summed E-state index contributed by atoms with van der Waals surface area (Å²) in [5.41, 5.74) is 0.173. The fraction of sp³-hybridized carbons (Fsp3) is 0.214. The molecule has 5 heteroatoms. The molecule has 0 radical (unpaired) electrons. The lowest BCUT2D eigenvalue weighted by molar-refractivity contribution is 0.0695. The minimum atomic E-state index is -1.23. The van der Waals surface area contributed by atoms with Gasteiger partial charge >= 0.3 is 5.97 Å². The van der Waals surface area contributed by atoms with E-state index in [0.717, 1.165) is 12.8 Å². The molecule has 0 unspecified atom stereocenters. The Morgan fingerprint density at radius 2 is 2.16 bits per heavy atom. The number of fused-ring (bicyclic) bond motifs is 1. The van der Waals surface area contributed by atoms with Gasteiger partial charge in [-0.25, -0.2) is 4.79 Å². The van der Waals surface area contributed by atoms with Gasteiger partial charge < -0.3 is 9.67 Å². The molecule has 94 valence electrons. The molecule has 1 aliphatic rings. The third-order valence-corrected chi connectivity index (χ3v) is 3.34. The molecule has 0 saturated heterocycles. The Bertz CT molecular complexity index is 795. The lowest BCUT2D eigenvalue weighted by atomic mass is 10.1. The molecule has 1 fully saturated rings. The maximum Gasteiger partial charge on any atom is 0.341 e. The highest BCUT2D eigenvalue weighted by Crippen LogP contribution is 2.37. The average molecular weight is 254 g/mol. The summed E-state index contributed by atoms with van der Waals surface area (Å²) in [6.45, 7) is 0. The van der Waals surface area contributed by atoms with Gasteiger partial charge in [-0.1, -0.05) is 6.07 Å². The van der Waals surface area contributed by atoms with E-state index in [1.165, 1.54) is 6.20 Å². The van der Waals surface area contributed by atoms with Gasteiger partial charge in [-0.2, -0.15) is 5.26 Å². The van der Waals surface area contributed by atoms with Crippen LogP contribution in [0.25, 0.3) is 10.9 Å². The maximum atomic E-state index is 12.1. The first-order valence-corrected chi connectivity index (χ1v) is 5.94. The first-order valence-electron chi connectivity index (χ1n) is 5.94. The number of nitrogens with zero attached hydrogens (tertiary/aromatic N) is 2. The Balaban J connectivity index is 2.50. The molecule has 1 N–H and O–H groups in total. The second-order valence-corrected chi connectivity index (χ2v) is 4.63. The zero-order valence-corrected chi connectivity index (χ0v) is 9.96. The first kappa shape index (κ1) is 11.5. The molecular formula is C14H10N2O3. The van der Waals surface area contributed by atoms with Crippen LogP contribution < -0.4 is 5.43 Å². The summed E-state index contributed by atoms with van der Waals surface area (Å²) in [6.07, 6.45) is 3.25. The van der Waals surface area contributed by atoms with Crippen LogP contribution in [0.1, 0.15) is 34.8 Å². The minimum Gasteiger partial charge on any atom is -0.477 e. The Kier molecular flexibility index (Phi) is 2.39. The Morgan fingerprint density at radius 3 is 2.74 bits per heavy atom. The smallest absolute Gasteiger partial charge is 0.341 e. The van der Waals surface area contributed by atoms with Crippen molar-refractivity contribution in [3.8, 4) is 6.07 Å². The van der Waals surface area contributed by atoms with Crippen LogP contribution in [0.5, 0.6) is 0 Å². The van der Waals surface area contributed by atoms with E-state index in [1.807, 2.05) is 0 Å². The van der Waals surface area contributed by atoms with Gasteiger partial charge in [-0.3, -0.25) is 4.79 Å². The van der Waals surface area contributed by atoms with E-state index in [1.54, 1.807) is 22.8 Å². The Hall–Kier alpha value is -2.61. The number of aromatic nitrogens is 1. The van der Waals surface area contributed by atoms with Crippen molar-refractivity contribution in [1.29, 1.82) is 5.26 Å². The predicted octanol–water partition coefficient (Wildman–Crippen LogP) is 1.91. The van der Waals surface area contributed by atoms with Crippen molar-refractivity contribution in [2.75, 3.05) is 0 Å². The third-order valence-electron chi connectivity index (χ3n) is 3.34. The van der Waals surface area contributed by atoms with E-state index in [4.69, 9.17) is 10.4 Å². The molecule has 19 heavy (non-hydrogen) atoms. The van der Waals surface area contributed by atoms with Gasteiger partial charge in [0, 0.05) is 17.6 Å². The van der Waals surface area contributed by atoms with Crippen molar-refractivity contribution in [3.05, 3.63) is 45.7 Å². The molecule has 3 rings (SSSR count). The quantitative estimate of drug-likeness (QED) is 0.887. The van der Waals surface area contributed by atoms with Gasteiger partial charge in [-0.15, -0.1) is 0 Å². The van der Waals surface area contributed by atoms with Gasteiger partial charge in [0.15, 0.2) is 0 Å². The summed E-state index contributed by atoms with van der Waals surface area (Å²) >= 11 is 0. The van der Waals surface area contributed by atoms with Crippen LogP contribution >= 0.6 is 0 Å². The molecule has 0 atom stereocenters. The summed E-state index contributed by atoms with van der Waals surface area (Å²) in [6, 6.07) is 7.07. The van der Waals surface area contributed by atoms with E-state index in [2.05, 4.69) is 6.07 Å². The second-order valence-electron chi connectivity index (χ2n) is 4.63. The molecule has 1 aliphatic carbocycles. The molecule has 0 bridgehead atoms. The molecule has 1 aromatic heterocycles. The highest BCUT2D eigenvalue weighted by Gasteiger charge is 2.27. The molecular weight excluding hydrogens is 244 g/mol. The third kappa shape index (κ3) is 1.69. The predicted molar refractivity (Wildman–Crippen MR) is 68.2 cm³/mol. The van der Waals surface area contributed by atoms with Crippen LogP contribution in [0, 0.1) is 11.3 Å². The van der Waals surface area contributed by atoms with Crippen LogP contribution in [-0.4, -0.2) is 15.6 Å². The van der Waals surface area contributed by atoms with Crippen LogP contribution in [0.15, 0.2) is 29.2 Å². The van der Waals surface area contributed by atoms with E-state index >= 15 is 0 Å². The summed E-state index contributed by atoms with van der Waals surface area (Å²) in [7, 11) is 0. The number of benzene rings is 1. The number of hydrogen-bond acceptors (Lipinski definition) is 3. The van der Waals surface area contributed by atoms with Crippen molar-refractivity contribution in [3.63, 3.8) is 0 Å². The van der Waals surface area contributed by atoms with Crippen LogP contribution in [0.3, 0.4) is 0 Å². The topological polar surface area (TPSA) is 83.1 Å². The lowest BCUT2D eigenvalue weighted by Crippen LogP contribution is -2.19. The molecule has 0 aliphatic heterocycles. The lowest BCUT2D eigenvalue weighted by Gasteiger charge is -2.12. The summed E-state index contributed by atoms with van der Waals surface area (Å²) < 4.78 is 1.76. The van der Waals surface area contributed by atoms with E-state index in [-0.39, 0.29) is 11.6 Å². The zero-order valence-electron chi connectivity index (χ0n) is 9.96. The summed E-state index contributed by atoms with van der Waals surface area (Å²) in [4.78, 5) is 23.3. The van der Waals surface area contributed by atoms with Gasteiger partial charge in [0.2, 0.25) is 5.43 Å². The number of nitriles is 1. The number of hydrogen-bond donors (Lipinski definition) is 1. The summed E-state index contributed by atoms with van der Waals surface area (Å²) in [5, 5.41) is 18.5. The number of carboxylic acids is 1. The van der Waals surface area contributed by atoms with Crippen molar-refractivity contribution in [2.45, 2.75) is 18.9 Å². The standard InChI is InChI=1S/C14H10N2O3/c15-6-8-2-1-3-10-12(8)16(9-4-5-9)7-11(13(10)17)14(18)19/h1-3,7,9H,4-5H2,(H,18,19). The fourth-order valence-electron chi connectivity index (χ4n) is 2.30. The average Bonchev–Trinajstić information content (AvgIpc) is 3.22. The Morgan fingerprint density at radius 1 is 1.42 bits per heavy atom. The van der Waals surface area contributed by atoms with Crippen molar-refractivity contribution in [1.82, 2.24) is 4.57 Å². The molecule has 1 saturated carbocycles. The first-order chi connectivity index (χ1) is 9.13. The number of para-hydroxylation sites is 1. The SMILES string of the molecule is N#Cc1cccc2c(=O)c(C(=O)O)cn(C3CC3)c12. The second kappa shape index (κ2) is 3.95. The van der Waals surface area contributed by atoms with Gasteiger partial charge in [0.1, 0.15) is 11.6 Å². The fourth-order valence-corrected chi connectivity index (χ4v) is 2.30. The van der Waals surface area contributed by atoms with E-state index < -0.39 is 11.4 Å². The monoisotopic (exact) mass is 254 g/mol. The van der Waals surface area contributed by atoms with Crippen molar-refractivity contribution < 1.29 is 9.90 Å². The molecule has 5 nitrogen and oxygen atoms in total. The normalized spacial score (nSPS) is 14.3. The van der Waals surface area contributed by atoms with Crippen LogP contribution in [0.2, 0.25) is 0 Å². The number of carboxylic acid groups (broad SMARTS) is 1. The van der Waals surface area contributed by atoms with E-state index in [9.17, 15) is 9.59 Å². The van der Waals surface area contributed by atoms with Gasteiger partial charge in [0.05, 0.1) is 11.1 Å². The number of aromatic carboxylic acids is 1.